The van der Waals surface area contributed by atoms with Gasteiger partial charge in [0.2, 0.25) is 6.41 Å². The Morgan fingerprint density at radius 2 is 2.09 bits per heavy atom. The Labute approximate surface area is 130 Å². The van der Waals surface area contributed by atoms with Crippen LogP contribution in [0.3, 0.4) is 0 Å². The normalized spacial score (nSPS) is 16.7. The molecule has 1 aliphatic carbocycles. The molecule has 1 saturated carbocycles. The number of amides is 2. The van der Waals surface area contributed by atoms with E-state index < -0.39 is 18.1 Å². The largest absolute Gasteiger partial charge is 0.381 e. The summed E-state index contributed by atoms with van der Waals surface area (Å²) >= 11 is 0. The van der Waals surface area contributed by atoms with Crippen molar-refractivity contribution in [3.05, 3.63) is 29.8 Å². The monoisotopic (exact) mass is 305 g/mol. The lowest BCUT2D eigenvalue weighted by Crippen LogP contribution is -2.49. The lowest BCUT2D eigenvalue weighted by molar-refractivity contribution is -0.130. The average Bonchev–Trinajstić information content (AvgIpc) is 3.37. The number of carbonyl (C=O) groups excluding carboxylic acids is 2. The van der Waals surface area contributed by atoms with Gasteiger partial charge in [0.05, 0.1) is 6.04 Å². The van der Waals surface area contributed by atoms with Crippen molar-refractivity contribution in [2.24, 2.45) is 11.7 Å². The van der Waals surface area contributed by atoms with Crippen LogP contribution in [0.5, 0.6) is 0 Å². The van der Waals surface area contributed by atoms with Crippen molar-refractivity contribution in [2.75, 3.05) is 11.4 Å². The minimum Gasteiger partial charge on any atom is -0.381 e. The Bertz CT molecular complexity index is 514. The van der Waals surface area contributed by atoms with Crippen LogP contribution in [0.2, 0.25) is 0 Å². The first-order valence-corrected chi connectivity index (χ1v) is 7.55. The van der Waals surface area contributed by atoms with Crippen molar-refractivity contribution in [2.45, 2.75) is 38.5 Å². The molecular formula is C16H23N3O3. The first-order valence-electron chi connectivity index (χ1n) is 7.55. The highest BCUT2D eigenvalue weighted by atomic mass is 16.3. The minimum absolute atomic E-state index is 0.420. The van der Waals surface area contributed by atoms with Gasteiger partial charge in [0.1, 0.15) is 0 Å². The second kappa shape index (κ2) is 7.38. The number of carbonyl (C=O) groups is 2. The van der Waals surface area contributed by atoms with Gasteiger partial charge in [0.15, 0.2) is 6.10 Å². The molecule has 4 N–H and O–H groups in total. The van der Waals surface area contributed by atoms with Gasteiger partial charge in [0, 0.05) is 18.8 Å². The summed E-state index contributed by atoms with van der Waals surface area (Å²) in [6.07, 6.45) is 1.61. The quantitative estimate of drug-likeness (QED) is 0.605. The number of hydrogen-bond acceptors (Lipinski definition) is 4. The molecule has 6 nitrogen and oxygen atoms in total. The number of aliphatic hydroxyl groups excluding tert-OH is 1. The highest BCUT2D eigenvalue weighted by Gasteiger charge is 2.29. The molecule has 0 saturated heterocycles. The Kier molecular flexibility index (Phi) is 5.51. The van der Waals surface area contributed by atoms with Crippen molar-refractivity contribution >= 4 is 18.0 Å². The minimum atomic E-state index is -1.27. The van der Waals surface area contributed by atoms with Crippen LogP contribution in [0, 0.1) is 5.92 Å². The molecule has 2 atom stereocenters. The molecule has 0 heterocycles. The SMILES string of the molecule is CC(C(O)C(=O)NCC1CC1)N(C=O)c1ccc(CN)cc1. The van der Waals surface area contributed by atoms with Gasteiger partial charge < -0.3 is 21.1 Å². The maximum absolute atomic E-state index is 11.9. The van der Waals surface area contributed by atoms with E-state index in [9.17, 15) is 14.7 Å². The van der Waals surface area contributed by atoms with Crippen molar-refractivity contribution in [1.29, 1.82) is 0 Å². The smallest absolute Gasteiger partial charge is 0.251 e. The van der Waals surface area contributed by atoms with Crippen LogP contribution >= 0.6 is 0 Å². The fourth-order valence-electron chi connectivity index (χ4n) is 2.24. The molecule has 0 aliphatic heterocycles. The molecule has 0 aromatic heterocycles. The third-order valence-corrected chi connectivity index (χ3v) is 4.01. The summed E-state index contributed by atoms with van der Waals surface area (Å²) in [5.41, 5.74) is 7.11. The van der Waals surface area contributed by atoms with Crippen molar-refractivity contribution in [3.8, 4) is 0 Å². The Balaban J connectivity index is 2.00. The summed E-state index contributed by atoms with van der Waals surface area (Å²) in [5.74, 6) is 0.0993. The molecule has 0 radical (unpaired) electrons. The highest BCUT2D eigenvalue weighted by Crippen LogP contribution is 2.27. The van der Waals surface area contributed by atoms with Gasteiger partial charge in [-0.2, -0.15) is 0 Å². The number of nitrogens with two attached hydrogens (primary N) is 1. The van der Waals surface area contributed by atoms with Crippen LogP contribution in [0.1, 0.15) is 25.3 Å². The number of nitrogens with zero attached hydrogens (tertiary/aromatic N) is 1. The van der Waals surface area contributed by atoms with Crippen LogP contribution in [-0.2, 0) is 16.1 Å². The van der Waals surface area contributed by atoms with E-state index in [1.807, 2.05) is 12.1 Å². The number of benzene rings is 1. The van der Waals surface area contributed by atoms with Crippen LogP contribution in [0.4, 0.5) is 5.69 Å². The number of aliphatic hydroxyl groups is 1. The molecule has 1 aliphatic rings. The third kappa shape index (κ3) is 4.05. The number of rotatable bonds is 8. The summed E-state index contributed by atoms with van der Waals surface area (Å²) in [6.45, 7) is 2.66. The maximum Gasteiger partial charge on any atom is 0.251 e. The molecule has 120 valence electrons. The van der Waals surface area contributed by atoms with E-state index in [1.54, 1.807) is 19.1 Å². The van der Waals surface area contributed by atoms with E-state index in [-0.39, 0.29) is 0 Å². The van der Waals surface area contributed by atoms with Crippen LogP contribution in [-0.4, -0.2) is 36.1 Å². The van der Waals surface area contributed by atoms with Crippen molar-refractivity contribution < 1.29 is 14.7 Å². The Morgan fingerprint density at radius 1 is 1.45 bits per heavy atom. The topological polar surface area (TPSA) is 95.7 Å². The first kappa shape index (κ1) is 16.5. The van der Waals surface area contributed by atoms with Crippen molar-refractivity contribution in [1.82, 2.24) is 5.32 Å². The number of hydrogen-bond donors (Lipinski definition) is 3. The summed E-state index contributed by atoms with van der Waals surface area (Å²) in [5, 5.41) is 12.9. The van der Waals surface area contributed by atoms with Crippen molar-refractivity contribution in [3.63, 3.8) is 0 Å². The second-order valence-corrected chi connectivity index (χ2v) is 5.76. The van der Waals surface area contributed by atoms with Gasteiger partial charge in [-0.3, -0.25) is 9.59 Å². The van der Waals surface area contributed by atoms with Crippen LogP contribution < -0.4 is 16.0 Å². The van der Waals surface area contributed by atoms with E-state index in [1.165, 1.54) is 4.90 Å². The first-order chi connectivity index (χ1) is 10.6. The molecule has 0 bridgehead atoms. The second-order valence-electron chi connectivity index (χ2n) is 5.76. The van der Waals surface area contributed by atoms with E-state index in [4.69, 9.17) is 5.73 Å². The zero-order valence-electron chi connectivity index (χ0n) is 12.7. The molecule has 6 heteroatoms. The molecule has 1 aromatic carbocycles. The van der Waals surface area contributed by atoms with E-state index >= 15 is 0 Å². The molecule has 2 amide bonds. The molecule has 2 unspecified atom stereocenters. The predicted octanol–water partition coefficient (Wildman–Crippen LogP) is 0.384. The molecule has 0 spiro atoms. The van der Waals surface area contributed by atoms with Gasteiger partial charge in [-0.25, -0.2) is 0 Å². The van der Waals surface area contributed by atoms with Gasteiger partial charge >= 0.3 is 0 Å². The number of anilines is 1. The molecule has 1 aromatic rings. The maximum atomic E-state index is 11.9. The summed E-state index contributed by atoms with van der Waals surface area (Å²) in [4.78, 5) is 24.7. The van der Waals surface area contributed by atoms with Gasteiger partial charge in [-0.15, -0.1) is 0 Å². The molecule has 1 fully saturated rings. The fraction of sp³-hybridized carbons (Fsp3) is 0.500. The lowest BCUT2D eigenvalue weighted by atomic mass is 10.1. The zero-order chi connectivity index (χ0) is 16.1. The lowest BCUT2D eigenvalue weighted by Gasteiger charge is -2.28. The van der Waals surface area contributed by atoms with E-state index in [0.717, 1.165) is 18.4 Å². The van der Waals surface area contributed by atoms with E-state index in [0.29, 0.717) is 31.1 Å². The predicted molar refractivity (Wildman–Crippen MR) is 84.1 cm³/mol. The summed E-state index contributed by atoms with van der Waals surface area (Å²) < 4.78 is 0. The van der Waals surface area contributed by atoms with Gasteiger partial charge in [-0.1, -0.05) is 12.1 Å². The number of nitrogens with one attached hydrogen (secondary N) is 1. The Hall–Kier alpha value is -1.92. The van der Waals surface area contributed by atoms with Crippen LogP contribution in [0.15, 0.2) is 24.3 Å². The molecular weight excluding hydrogens is 282 g/mol. The fourth-order valence-corrected chi connectivity index (χ4v) is 2.24. The van der Waals surface area contributed by atoms with E-state index in [2.05, 4.69) is 5.32 Å². The highest BCUT2D eigenvalue weighted by molar-refractivity contribution is 5.84. The standard InChI is InChI=1S/C16H23N3O3/c1-11(15(21)16(22)18-9-13-2-3-13)19(10-20)14-6-4-12(8-17)5-7-14/h4-7,10-11,13,15,21H,2-3,8-9,17H2,1H3,(H,18,22). The average molecular weight is 305 g/mol. The van der Waals surface area contributed by atoms with Crippen LogP contribution in [0.25, 0.3) is 0 Å². The third-order valence-electron chi connectivity index (χ3n) is 4.01. The Morgan fingerprint density at radius 3 is 2.59 bits per heavy atom. The molecule has 22 heavy (non-hydrogen) atoms. The zero-order valence-corrected chi connectivity index (χ0v) is 12.7. The van der Waals surface area contributed by atoms with Gasteiger partial charge in [0.25, 0.3) is 5.91 Å². The molecule has 2 rings (SSSR count). The summed E-state index contributed by atoms with van der Waals surface area (Å²) in [7, 11) is 0. The van der Waals surface area contributed by atoms with Gasteiger partial charge in [-0.05, 0) is 43.4 Å². The summed E-state index contributed by atoms with van der Waals surface area (Å²) in [6, 6.07) is 6.49.